The fraction of sp³-hybridized carbons (Fsp3) is 0.556. The Bertz CT molecular complexity index is 561. The average molecular weight is 316 g/mol. The summed E-state index contributed by atoms with van der Waals surface area (Å²) in [6.45, 7) is 1.60. The molecule has 5 nitrogen and oxygen atoms in total. The number of carbonyl (C=O) groups excluding carboxylic acids is 2. The first-order chi connectivity index (χ1) is 11.1. The number of carbonyl (C=O) groups is 2. The van der Waals surface area contributed by atoms with E-state index in [0.29, 0.717) is 18.4 Å². The van der Waals surface area contributed by atoms with Crippen LogP contribution in [0.15, 0.2) is 30.3 Å². The third-order valence-corrected chi connectivity index (χ3v) is 4.97. The maximum absolute atomic E-state index is 13.0. The first kappa shape index (κ1) is 16.0. The number of aliphatic hydroxyl groups is 1. The first-order valence-corrected chi connectivity index (χ1v) is 8.42. The van der Waals surface area contributed by atoms with Gasteiger partial charge in [0.2, 0.25) is 5.91 Å². The molecule has 0 aromatic heterocycles. The lowest BCUT2D eigenvalue weighted by Gasteiger charge is -2.48. The van der Waals surface area contributed by atoms with Crippen LogP contribution in [0, 0.1) is 5.92 Å². The number of nitrogens with one attached hydrogen (secondary N) is 1. The topological polar surface area (TPSA) is 69.6 Å². The van der Waals surface area contributed by atoms with Crippen molar-refractivity contribution < 1.29 is 14.7 Å². The molecule has 2 fully saturated rings. The van der Waals surface area contributed by atoms with E-state index in [1.807, 2.05) is 23.1 Å². The van der Waals surface area contributed by atoms with Crippen molar-refractivity contribution in [3.05, 3.63) is 35.9 Å². The highest BCUT2D eigenvalue weighted by Gasteiger charge is 2.52. The highest BCUT2D eigenvalue weighted by molar-refractivity contribution is 5.99. The Kier molecular flexibility index (Phi) is 4.66. The van der Waals surface area contributed by atoms with Gasteiger partial charge in [0.05, 0.1) is 0 Å². The minimum absolute atomic E-state index is 0.0196. The van der Waals surface area contributed by atoms with Gasteiger partial charge < -0.3 is 15.3 Å². The Morgan fingerprint density at radius 2 is 1.78 bits per heavy atom. The summed E-state index contributed by atoms with van der Waals surface area (Å²) in [7, 11) is 0. The molecule has 23 heavy (non-hydrogen) atoms. The summed E-state index contributed by atoms with van der Waals surface area (Å²) < 4.78 is 0. The van der Waals surface area contributed by atoms with E-state index in [9.17, 15) is 14.7 Å². The Morgan fingerprint density at radius 3 is 2.39 bits per heavy atom. The number of nitrogens with zero attached hydrogens (tertiary/aromatic N) is 1. The summed E-state index contributed by atoms with van der Waals surface area (Å²) in [5, 5.41) is 12.3. The van der Waals surface area contributed by atoms with E-state index in [-0.39, 0.29) is 24.3 Å². The molecule has 1 saturated carbocycles. The molecule has 0 radical (unpaired) electrons. The molecule has 2 aliphatic rings. The van der Waals surface area contributed by atoms with Crippen molar-refractivity contribution in [3.8, 4) is 0 Å². The van der Waals surface area contributed by atoms with Gasteiger partial charge in [0.25, 0.3) is 5.91 Å². The van der Waals surface area contributed by atoms with Crippen LogP contribution < -0.4 is 5.32 Å². The lowest BCUT2D eigenvalue weighted by Crippen LogP contribution is -2.67. The quantitative estimate of drug-likeness (QED) is 0.886. The summed E-state index contributed by atoms with van der Waals surface area (Å²) >= 11 is 0. The molecule has 124 valence electrons. The van der Waals surface area contributed by atoms with E-state index in [4.69, 9.17) is 0 Å². The molecule has 1 aromatic carbocycles. The van der Waals surface area contributed by atoms with Crippen molar-refractivity contribution in [2.24, 2.45) is 5.92 Å². The van der Waals surface area contributed by atoms with Crippen molar-refractivity contribution >= 4 is 11.8 Å². The second-order valence-electron chi connectivity index (χ2n) is 6.71. The van der Waals surface area contributed by atoms with Gasteiger partial charge in [-0.25, -0.2) is 0 Å². The summed E-state index contributed by atoms with van der Waals surface area (Å²) in [5.41, 5.74) is -0.275. The number of amides is 2. The van der Waals surface area contributed by atoms with Gasteiger partial charge in [-0.1, -0.05) is 18.2 Å². The smallest absolute Gasteiger partial charge is 0.252 e. The molecule has 0 unspecified atom stereocenters. The summed E-state index contributed by atoms with van der Waals surface area (Å²) in [6.07, 6.45) is 4.26. The molecule has 2 amide bonds. The maximum atomic E-state index is 13.0. The fourth-order valence-electron chi connectivity index (χ4n) is 3.66. The van der Waals surface area contributed by atoms with Gasteiger partial charge >= 0.3 is 0 Å². The SMILES string of the molecule is O=C(NC1(C(=O)N2CCCCC2)CC(CO)C1)c1ccccc1. The van der Waals surface area contributed by atoms with Crippen LogP contribution in [0.4, 0.5) is 0 Å². The van der Waals surface area contributed by atoms with Gasteiger partial charge in [-0.2, -0.15) is 0 Å². The third-order valence-electron chi connectivity index (χ3n) is 4.97. The summed E-state index contributed by atoms with van der Waals surface area (Å²) in [4.78, 5) is 27.3. The van der Waals surface area contributed by atoms with Crippen LogP contribution in [-0.2, 0) is 4.79 Å². The highest BCUT2D eigenvalue weighted by atomic mass is 16.3. The molecule has 3 rings (SSSR count). The molecular weight excluding hydrogens is 292 g/mol. The minimum Gasteiger partial charge on any atom is -0.396 e. The predicted molar refractivity (Wildman–Crippen MR) is 86.9 cm³/mol. The van der Waals surface area contributed by atoms with Crippen molar-refractivity contribution in [2.45, 2.75) is 37.6 Å². The van der Waals surface area contributed by atoms with Crippen LogP contribution >= 0.6 is 0 Å². The number of piperidine rings is 1. The molecule has 1 aliphatic carbocycles. The van der Waals surface area contributed by atoms with Gasteiger partial charge in [0.1, 0.15) is 5.54 Å². The Morgan fingerprint density at radius 1 is 1.13 bits per heavy atom. The zero-order chi connectivity index (χ0) is 16.3. The Labute approximate surface area is 136 Å². The van der Waals surface area contributed by atoms with Crippen molar-refractivity contribution in [3.63, 3.8) is 0 Å². The molecule has 5 heteroatoms. The number of hydrogen-bond acceptors (Lipinski definition) is 3. The van der Waals surface area contributed by atoms with Crippen molar-refractivity contribution in [2.75, 3.05) is 19.7 Å². The van der Waals surface area contributed by atoms with Crippen LogP contribution in [0.3, 0.4) is 0 Å². The number of likely N-dealkylation sites (tertiary alicyclic amines) is 1. The normalized spacial score (nSPS) is 27.2. The Balaban J connectivity index is 1.74. The summed E-state index contributed by atoms with van der Waals surface area (Å²) in [5.74, 6) is -0.0988. The van der Waals surface area contributed by atoms with Crippen molar-refractivity contribution in [1.29, 1.82) is 0 Å². The Hall–Kier alpha value is -1.88. The molecule has 0 atom stereocenters. The molecule has 1 heterocycles. The van der Waals surface area contributed by atoms with Crippen LogP contribution in [0.25, 0.3) is 0 Å². The van der Waals surface area contributed by atoms with Crippen LogP contribution in [0.2, 0.25) is 0 Å². The summed E-state index contributed by atoms with van der Waals surface area (Å²) in [6, 6.07) is 8.97. The monoisotopic (exact) mass is 316 g/mol. The van der Waals surface area contributed by atoms with Gasteiger partial charge in [-0.15, -0.1) is 0 Å². The van der Waals surface area contributed by atoms with E-state index in [0.717, 1.165) is 32.4 Å². The van der Waals surface area contributed by atoms with Crippen LogP contribution in [0.5, 0.6) is 0 Å². The second-order valence-corrected chi connectivity index (χ2v) is 6.71. The van der Waals surface area contributed by atoms with E-state index < -0.39 is 5.54 Å². The predicted octanol–water partition coefficient (Wildman–Crippen LogP) is 1.57. The molecule has 1 aromatic rings. The first-order valence-electron chi connectivity index (χ1n) is 8.42. The van der Waals surface area contributed by atoms with Crippen LogP contribution in [0.1, 0.15) is 42.5 Å². The number of hydrogen-bond donors (Lipinski definition) is 2. The average Bonchev–Trinajstić information content (AvgIpc) is 2.58. The largest absolute Gasteiger partial charge is 0.396 e. The van der Waals surface area contributed by atoms with Gasteiger partial charge in [-0.3, -0.25) is 9.59 Å². The standard InChI is InChI=1S/C18H24N2O3/c21-13-14-11-18(12-14,17(23)20-9-5-2-6-10-20)19-16(22)15-7-3-1-4-8-15/h1,3-4,7-8,14,21H,2,5-6,9-13H2,(H,19,22). The number of benzene rings is 1. The molecule has 1 aliphatic heterocycles. The zero-order valence-corrected chi connectivity index (χ0v) is 13.3. The molecular formula is C18H24N2O3. The van der Waals surface area contributed by atoms with Gasteiger partial charge in [0, 0.05) is 25.3 Å². The molecule has 2 N–H and O–H groups in total. The van der Waals surface area contributed by atoms with Crippen molar-refractivity contribution in [1.82, 2.24) is 10.2 Å². The lowest BCUT2D eigenvalue weighted by atomic mass is 9.67. The molecule has 0 spiro atoms. The second kappa shape index (κ2) is 6.71. The molecule has 0 bridgehead atoms. The third kappa shape index (κ3) is 3.24. The maximum Gasteiger partial charge on any atom is 0.252 e. The minimum atomic E-state index is -0.836. The fourth-order valence-corrected chi connectivity index (χ4v) is 3.66. The zero-order valence-electron chi connectivity index (χ0n) is 13.3. The van der Waals surface area contributed by atoms with E-state index >= 15 is 0 Å². The van der Waals surface area contributed by atoms with Gasteiger partial charge in [0.15, 0.2) is 0 Å². The number of aliphatic hydroxyl groups excluding tert-OH is 1. The van der Waals surface area contributed by atoms with E-state index in [1.165, 1.54) is 0 Å². The van der Waals surface area contributed by atoms with Crippen LogP contribution in [-0.4, -0.2) is 47.1 Å². The molecule has 1 saturated heterocycles. The van der Waals surface area contributed by atoms with Gasteiger partial charge in [-0.05, 0) is 50.2 Å². The van der Waals surface area contributed by atoms with E-state index in [1.54, 1.807) is 12.1 Å². The highest BCUT2D eigenvalue weighted by Crippen LogP contribution is 2.39. The lowest BCUT2D eigenvalue weighted by molar-refractivity contribution is -0.145. The van der Waals surface area contributed by atoms with E-state index in [2.05, 4.69) is 5.32 Å². The number of rotatable bonds is 4.